The van der Waals surface area contributed by atoms with E-state index in [-0.39, 0.29) is 16.5 Å². The molecule has 27 heavy (non-hydrogen) atoms. The highest BCUT2D eigenvalue weighted by Crippen LogP contribution is 2.42. The van der Waals surface area contributed by atoms with Gasteiger partial charge in [0.1, 0.15) is 11.4 Å². The third-order valence-corrected chi connectivity index (χ3v) is 5.54. The van der Waals surface area contributed by atoms with Crippen molar-refractivity contribution in [3.8, 4) is 5.88 Å². The molecule has 2 aromatic rings. The average molecular weight is 391 g/mol. The maximum Gasteiger partial charge on any atom is 0.375 e. The van der Waals surface area contributed by atoms with Gasteiger partial charge in [-0.05, 0) is 37.1 Å². The quantitative estimate of drug-likeness (QED) is 0.729. The largest absolute Gasteiger partial charge is 0.448 e. The summed E-state index contributed by atoms with van der Waals surface area (Å²) in [6, 6.07) is 8.60. The van der Waals surface area contributed by atoms with Crippen molar-refractivity contribution in [2.75, 3.05) is 6.26 Å². The fraction of sp³-hybridized carbons (Fsp3) is 0.263. The molecule has 3 rings (SSSR count). The van der Waals surface area contributed by atoms with Gasteiger partial charge in [-0.3, -0.25) is 0 Å². The molecular formula is C19H18FNO5S. The van der Waals surface area contributed by atoms with Crippen molar-refractivity contribution in [1.82, 2.24) is 4.98 Å². The van der Waals surface area contributed by atoms with Crippen LogP contribution in [0.1, 0.15) is 25.8 Å². The number of halogens is 1. The molecule has 0 unspecified atom stereocenters. The van der Waals surface area contributed by atoms with Crippen molar-refractivity contribution < 1.29 is 27.1 Å². The third-order valence-electron chi connectivity index (χ3n) is 4.41. The molecule has 1 aliphatic heterocycles. The number of hydrogen-bond acceptors (Lipinski definition) is 6. The van der Waals surface area contributed by atoms with Gasteiger partial charge in [0.05, 0.1) is 16.7 Å². The first kappa shape index (κ1) is 19.0. The zero-order valence-corrected chi connectivity index (χ0v) is 15.8. The Kier molecular flexibility index (Phi) is 4.77. The van der Waals surface area contributed by atoms with Gasteiger partial charge < -0.3 is 9.47 Å². The standard InChI is InChI=1S/C19H18FNO5S/c1-4-19(2)16(12-5-8-14(9-6-12)27(3,23)24)17(18(22)26-19)25-15-10-7-13(20)11-21-15/h5-11H,4H2,1-3H3/t19-/m1/s1. The highest BCUT2D eigenvalue weighted by Gasteiger charge is 2.45. The number of rotatable bonds is 5. The number of pyridine rings is 1. The molecule has 1 atom stereocenters. The van der Waals surface area contributed by atoms with E-state index in [9.17, 15) is 17.6 Å². The van der Waals surface area contributed by atoms with Crippen molar-refractivity contribution in [2.45, 2.75) is 30.8 Å². The number of ether oxygens (including phenoxy) is 2. The van der Waals surface area contributed by atoms with Gasteiger partial charge in [-0.15, -0.1) is 0 Å². The molecule has 1 aliphatic rings. The molecule has 0 saturated carbocycles. The van der Waals surface area contributed by atoms with Crippen molar-refractivity contribution in [3.63, 3.8) is 0 Å². The van der Waals surface area contributed by atoms with Crippen molar-refractivity contribution in [2.24, 2.45) is 0 Å². The number of nitrogens with zero attached hydrogens (tertiary/aromatic N) is 1. The van der Waals surface area contributed by atoms with Crippen molar-refractivity contribution in [3.05, 3.63) is 59.7 Å². The number of carbonyl (C=O) groups is 1. The average Bonchev–Trinajstić information content (AvgIpc) is 2.87. The Balaban J connectivity index is 2.10. The van der Waals surface area contributed by atoms with Gasteiger partial charge in [-0.25, -0.2) is 22.6 Å². The molecule has 6 nitrogen and oxygen atoms in total. The minimum Gasteiger partial charge on any atom is -0.448 e. The Hall–Kier alpha value is -2.74. The van der Waals surface area contributed by atoms with E-state index in [0.717, 1.165) is 12.5 Å². The highest BCUT2D eigenvalue weighted by molar-refractivity contribution is 7.90. The Bertz CT molecular complexity index is 1010. The molecule has 0 spiro atoms. The van der Waals surface area contributed by atoms with E-state index in [1.807, 2.05) is 6.92 Å². The summed E-state index contributed by atoms with van der Waals surface area (Å²) in [5.41, 5.74) is 0.134. The van der Waals surface area contributed by atoms with E-state index in [0.29, 0.717) is 17.6 Å². The van der Waals surface area contributed by atoms with Crippen LogP contribution < -0.4 is 4.74 Å². The smallest absolute Gasteiger partial charge is 0.375 e. The fourth-order valence-corrected chi connectivity index (χ4v) is 3.45. The van der Waals surface area contributed by atoms with Crippen LogP contribution in [-0.2, 0) is 19.4 Å². The predicted molar refractivity (Wildman–Crippen MR) is 96.1 cm³/mol. The minimum absolute atomic E-state index is 0.0500. The SMILES string of the molecule is CC[C@@]1(C)OC(=O)C(Oc2ccc(F)cn2)=C1c1ccc(S(C)(=O)=O)cc1. The molecule has 8 heteroatoms. The second kappa shape index (κ2) is 6.77. The Morgan fingerprint density at radius 1 is 1.19 bits per heavy atom. The van der Waals surface area contributed by atoms with Crippen LogP contribution in [-0.4, -0.2) is 31.2 Å². The number of benzene rings is 1. The molecule has 0 N–H and O–H groups in total. The number of hydrogen-bond donors (Lipinski definition) is 0. The molecule has 0 saturated heterocycles. The summed E-state index contributed by atoms with van der Waals surface area (Å²) in [4.78, 5) is 16.4. The lowest BCUT2D eigenvalue weighted by atomic mass is 9.88. The molecule has 1 aromatic heterocycles. The predicted octanol–water partition coefficient (Wildman–Crippen LogP) is 3.14. The van der Waals surface area contributed by atoms with E-state index in [2.05, 4.69) is 4.98 Å². The number of sulfone groups is 1. The highest BCUT2D eigenvalue weighted by atomic mass is 32.2. The van der Waals surface area contributed by atoms with E-state index in [1.165, 1.54) is 24.3 Å². The lowest BCUT2D eigenvalue weighted by Gasteiger charge is -2.24. The first-order valence-electron chi connectivity index (χ1n) is 8.22. The van der Waals surface area contributed by atoms with Crippen LogP contribution in [0, 0.1) is 5.82 Å². The van der Waals surface area contributed by atoms with Crippen LogP contribution in [0.15, 0.2) is 53.2 Å². The normalized spacial score (nSPS) is 19.9. The third kappa shape index (κ3) is 3.71. The molecule has 1 aromatic carbocycles. The first-order valence-corrected chi connectivity index (χ1v) is 10.1. The van der Waals surface area contributed by atoms with Gasteiger partial charge in [0.2, 0.25) is 11.6 Å². The number of aromatic nitrogens is 1. The number of cyclic esters (lactones) is 1. The molecule has 2 heterocycles. The molecular weight excluding hydrogens is 373 g/mol. The van der Waals surface area contributed by atoms with Crippen molar-refractivity contribution >= 4 is 21.4 Å². The van der Waals surface area contributed by atoms with Crippen LogP contribution >= 0.6 is 0 Å². The number of esters is 1. The van der Waals surface area contributed by atoms with Crippen LogP contribution in [0.3, 0.4) is 0 Å². The number of carbonyl (C=O) groups excluding carboxylic acids is 1. The summed E-state index contributed by atoms with van der Waals surface area (Å²) in [5, 5.41) is 0. The van der Waals surface area contributed by atoms with E-state index in [1.54, 1.807) is 19.1 Å². The van der Waals surface area contributed by atoms with Gasteiger partial charge in [0, 0.05) is 12.3 Å². The summed E-state index contributed by atoms with van der Waals surface area (Å²) in [5.74, 6) is -1.19. The van der Waals surface area contributed by atoms with Gasteiger partial charge in [-0.1, -0.05) is 19.1 Å². The maximum atomic E-state index is 13.1. The van der Waals surface area contributed by atoms with Gasteiger partial charge in [0.25, 0.3) is 0 Å². The molecule has 142 valence electrons. The minimum atomic E-state index is -3.35. The zero-order valence-electron chi connectivity index (χ0n) is 15.0. The second-order valence-electron chi connectivity index (χ2n) is 6.39. The van der Waals surface area contributed by atoms with Gasteiger partial charge in [0.15, 0.2) is 9.84 Å². The van der Waals surface area contributed by atoms with Gasteiger partial charge >= 0.3 is 5.97 Å². The Labute approximate surface area is 156 Å². The topological polar surface area (TPSA) is 82.6 Å². The van der Waals surface area contributed by atoms with Gasteiger partial charge in [-0.2, -0.15) is 0 Å². The molecule has 0 amide bonds. The Morgan fingerprint density at radius 2 is 1.85 bits per heavy atom. The second-order valence-corrected chi connectivity index (χ2v) is 8.41. The van der Waals surface area contributed by atoms with Crippen molar-refractivity contribution in [1.29, 1.82) is 0 Å². The summed E-state index contributed by atoms with van der Waals surface area (Å²) in [6.45, 7) is 3.61. The molecule has 0 aliphatic carbocycles. The van der Waals surface area contributed by atoms with Crippen LogP contribution in [0.5, 0.6) is 5.88 Å². The fourth-order valence-electron chi connectivity index (χ4n) is 2.82. The van der Waals surface area contributed by atoms with E-state index < -0.39 is 27.2 Å². The van der Waals surface area contributed by atoms with Crippen LogP contribution in [0.25, 0.3) is 5.57 Å². The zero-order chi connectivity index (χ0) is 19.8. The maximum absolute atomic E-state index is 13.1. The first-order chi connectivity index (χ1) is 12.6. The monoisotopic (exact) mass is 391 g/mol. The molecule has 0 radical (unpaired) electrons. The van der Waals surface area contributed by atoms with Crippen LogP contribution in [0.2, 0.25) is 0 Å². The Morgan fingerprint density at radius 3 is 2.37 bits per heavy atom. The summed E-state index contributed by atoms with van der Waals surface area (Å²) in [7, 11) is -3.35. The molecule has 0 bridgehead atoms. The lowest BCUT2D eigenvalue weighted by Crippen LogP contribution is -2.26. The summed E-state index contributed by atoms with van der Waals surface area (Å²) in [6.07, 6.45) is 2.58. The lowest BCUT2D eigenvalue weighted by molar-refractivity contribution is -0.147. The summed E-state index contributed by atoms with van der Waals surface area (Å²) >= 11 is 0. The van der Waals surface area contributed by atoms with E-state index >= 15 is 0 Å². The summed E-state index contributed by atoms with van der Waals surface area (Å²) < 4.78 is 47.5. The van der Waals surface area contributed by atoms with Crippen LogP contribution in [0.4, 0.5) is 4.39 Å². The molecule has 0 fully saturated rings. The van der Waals surface area contributed by atoms with E-state index in [4.69, 9.17) is 9.47 Å².